The number of phenols is 2. The van der Waals surface area contributed by atoms with Crippen LogP contribution in [0.3, 0.4) is 0 Å². The third-order valence-corrected chi connectivity index (χ3v) is 6.86. The molecule has 0 aliphatic heterocycles. The molecule has 3 rings (SSSR count). The zero-order valence-electron chi connectivity index (χ0n) is 22.5. The van der Waals surface area contributed by atoms with Gasteiger partial charge in [0.25, 0.3) is 0 Å². The molecule has 0 amide bonds. The fraction of sp³-hybridized carbons (Fsp3) is 0.548. The van der Waals surface area contributed by atoms with E-state index in [0.29, 0.717) is 23.3 Å². The van der Waals surface area contributed by atoms with Crippen molar-refractivity contribution in [1.82, 2.24) is 0 Å². The zero-order chi connectivity index (χ0) is 25.5. The summed E-state index contributed by atoms with van der Waals surface area (Å²) in [5.74, 6) is 1.82. The largest absolute Gasteiger partial charge is 0.507 e. The Labute approximate surface area is 212 Å². The zero-order valence-corrected chi connectivity index (χ0v) is 22.5. The molecule has 1 aliphatic carbocycles. The Morgan fingerprint density at radius 1 is 0.743 bits per heavy atom. The second-order valence-electron chi connectivity index (χ2n) is 10.9. The van der Waals surface area contributed by atoms with Crippen LogP contribution in [0.25, 0.3) is 0 Å². The Hall–Kier alpha value is -2.62. The van der Waals surface area contributed by atoms with Gasteiger partial charge in [-0.05, 0) is 91.2 Å². The maximum atomic E-state index is 10.8. The average Bonchev–Trinajstić information content (AvgIpc) is 3.25. The lowest BCUT2D eigenvalue weighted by Crippen LogP contribution is -2.16. The molecule has 35 heavy (non-hydrogen) atoms. The number of hydrogen-bond acceptors (Lipinski definition) is 4. The van der Waals surface area contributed by atoms with Crippen molar-refractivity contribution >= 4 is 12.4 Å². The normalized spacial score (nSPS) is 18.6. The van der Waals surface area contributed by atoms with Crippen LogP contribution in [0.15, 0.2) is 34.3 Å². The summed E-state index contributed by atoms with van der Waals surface area (Å²) >= 11 is 0. The maximum Gasteiger partial charge on any atom is 0.127 e. The van der Waals surface area contributed by atoms with Crippen LogP contribution in [0.4, 0.5) is 0 Å². The molecule has 0 radical (unpaired) electrons. The van der Waals surface area contributed by atoms with Gasteiger partial charge >= 0.3 is 0 Å². The van der Waals surface area contributed by atoms with Crippen LogP contribution in [0.1, 0.15) is 94.2 Å². The molecule has 0 heterocycles. The number of phenolic OH excluding ortho intramolecular Hbond substituents is 2. The van der Waals surface area contributed by atoms with Gasteiger partial charge in [-0.1, -0.05) is 53.7 Å². The smallest absolute Gasteiger partial charge is 0.127 e. The van der Waals surface area contributed by atoms with Gasteiger partial charge in [-0.2, -0.15) is 0 Å². The highest BCUT2D eigenvalue weighted by Gasteiger charge is 2.26. The molecule has 2 unspecified atom stereocenters. The van der Waals surface area contributed by atoms with E-state index in [0.717, 1.165) is 67.2 Å². The molecule has 2 aromatic carbocycles. The summed E-state index contributed by atoms with van der Waals surface area (Å²) < 4.78 is 0. The SMILES string of the molecule is CCc1cc(CC(C)C)cc(C=NC2CCCC2N=Cc2cc(CC(C)C)cc(CC)c2O)c1O. The number of benzene rings is 2. The van der Waals surface area contributed by atoms with Crippen molar-refractivity contribution in [2.45, 2.75) is 98.6 Å². The van der Waals surface area contributed by atoms with Gasteiger partial charge in [-0.25, -0.2) is 0 Å². The Kier molecular flexibility index (Phi) is 9.54. The highest BCUT2D eigenvalue weighted by atomic mass is 16.3. The minimum absolute atomic E-state index is 0.0936. The summed E-state index contributed by atoms with van der Waals surface area (Å²) in [4.78, 5) is 9.79. The van der Waals surface area contributed by atoms with Crippen molar-refractivity contribution in [3.8, 4) is 11.5 Å². The number of aryl methyl sites for hydroxylation is 2. The first kappa shape index (κ1) is 27.0. The number of aliphatic imine (C=N–C) groups is 2. The highest BCUT2D eigenvalue weighted by molar-refractivity contribution is 5.85. The van der Waals surface area contributed by atoms with Crippen molar-refractivity contribution in [2.75, 3.05) is 0 Å². The number of nitrogens with zero attached hydrogens (tertiary/aromatic N) is 2. The first-order chi connectivity index (χ1) is 16.7. The second kappa shape index (κ2) is 12.4. The minimum atomic E-state index is 0.0936. The summed E-state index contributed by atoms with van der Waals surface area (Å²) in [5.41, 5.74) is 6.08. The molecular weight excluding hydrogens is 432 g/mol. The molecular formula is C31H44N2O2. The van der Waals surface area contributed by atoms with E-state index in [1.54, 1.807) is 0 Å². The van der Waals surface area contributed by atoms with E-state index in [-0.39, 0.29) is 12.1 Å². The lowest BCUT2D eigenvalue weighted by molar-refractivity contribution is 0.466. The van der Waals surface area contributed by atoms with Gasteiger partial charge in [0.05, 0.1) is 12.1 Å². The lowest BCUT2D eigenvalue weighted by Gasteiger charge is -2.14. The van der Waals surface area contributed by atoms with E-state index >= 15 is 0 Å². The second-order valence-corrected chi connectivity index (χ2v) is 10.9. The first-order valence-electron chi connectivity index (χ1n) is 13.5. The van der Waals surface area contributed by atoms with E-state index in [4.69, 9.17) is 9.98 Å². The topological polar surface area (TPSA) is 65.2 Å². The van der Waals surface area contributed by atoms with Gasteiger partial charge < -0.3 is 10.2 Å². The van der Waals surface area contributed by atoms with Gasteiger partial charge in [0.15, 0.2) is 0 Å². The van der Waals surface area contributed by atoms with Crippen LogP contribution >= 0.6 is 0 Å². The lowest BCUT2D eigenvalue weighted by atomic mass is 9.96. The van der Waals surface area contributed by atoms with Crippen LogP contribution in [-0.2, 0) is 25.7 Å². The molecule has 2 aromatic rings. The molecule has 2 N–H and O–H groups in total. The van der Waals surface area contributed by atoms with Gasteiger partial charge in [-0.3, -0.25) is 9.98 Å². The number of aromatic hydroxyl groups is 2. The van der Waals surface area contributed by atoms with E-state index in [1.165, 1.54) is 11.1 Å². The Morgan fingerprint density at radius 3 is 1.49 bits per heavy atom. The molecule has 1 saturated carbocycles. The fourth-order valence-electron chi connectivity index (χ4n) is 5.11. The van der Waals surface area contributed by atoms with Crippen molar-refractivity contribution in [2.24, 2.45) is 21.8 Å². The minimum Gasteiger partial charge on any atom is -0.507 e. The molecule has 0 spiro atoms. The van der Waals surface area contributed by atoms with Gasteiger partial charge in [0.1, 0.15) is 11.5 Å². The number of rotatable bonds is 10. The molecule has 190 valence electrons. The summed E-state index contributed by atoms with van der Waals surface area (Å²) in [6.07, 6.45) is 10.4. The van der Waals surface area contributed by atoms with Gasteiger partial charge in [-0.15, -0.1) is 0 Å². The predicted octanol–water partition coefficient (Wildman–Crippen LogP) is 7.08. The van der Waals surface area contributed by atoms with Crippen LogP contribution in [-0.4, -0.2) is 34.7 Å². The first-order valence-corrected chi connectivity index (χ1v) is 13.5. The number of hydrogen-bond donors (Lipinski definition) is 2. The average molecular weight is 477 g/mol. The molecule has 4 heteroatoms. The van der Waals surface area contributed by atoms with Crippen molar-refractivity contribution < 1.29 is 10.2 Å². The molecule has 0 aromatic heterocycles. The van der Waals surface area contributed by atoms with E-state index in [1.807, 2.05) is 12.4 Å². The van der Waals surface area contributed by atoms with E-state index < -0.39 is 0 Å². The van der Waals surface area contributed by atoms with Crippen molar-refractivity contribution in [3.05, 3.63) is 57.6 Å². The van der Waals surface area contributed by atoms with Crippen LogP contribution < -0.4 is 0 Å². The standard InChI is InChI=1S/C31H44N2O2/c1-7-24-14-22(12-20(3)4)16-26(30(24)34)18-32-28-10-9-11-29(28)33-19-27-17-23(13-21(5)6)15-25(8-2)31(27)35/h14-21,28-29,34-35H,7-13H2,1-6H3. The summed E-state index contributed by atoms with van der Waals surface area (Å²) in [6, 6.07) is 8.60. The summed E-state index contributed by atoms with van der Waals surface area (Å²) in [7, 11) is 0. The Bertz CT molecular complexity index is 969. The van der Waals surface area contributed by atoms with Crippen LogP contribution in [0, 0.1) is 11.8 Å². The quantitative estimate of drug-likeness (QED) is 0.360. The highest BCUT2D eigenvalue weighted by Crippen LogP contribution is 2.30. The van der Waals surface area contributed by atoms with E-state index in [2.05, 4.69) is 65.8 Å². The Morgan fingerprint density at radius 2 is 1.14 bits per heavy atom. The molecule has 1 fully saturated rings. The summed E-state index contributed by atoms with van der Waals surface area (Å²) in [5, 5.41) is 21.5. The van der Waals surface area contributed by atoms with Gasteiger partial charge in [0.2, 0.25) is 0 Å². The van der Waals surface area contributed by atoms with Crippen molar-refractivity contribution in [1.29, 1.82) is 0 Å². The van der Waals surface area contributed by atoms with Gasteiger partial charge in [0, 0.05) is 23.6 Å². The molecule has 0 saturated heterocycles. The molecule has 2 atom stereocenters. The third-order valence-electron chi connectivity index (χ3n) is 6.86. The van der Waals surface area contributed by atoms with Crippen LogP contribution in [0.2, 0.25) is 0 Å². The fourth-order valence-corrected chi connectivity index (χ4v) is 5.11. The molecule has 0 bridgehead atoms. The molecule has 4 nitrogen and oxygen atoms in total. The molecule has 1 aliphatic rings. The Balaban J connectivity index is 1.82. The van der Waals surface area contributed by atoms with E-state index in [9.17, 15) is 10.2 Å². The van der Waals surface area contributed by atoms with Crippen molar-refractivity contribution in [3.63, 3.8) is 0 Å². The third kappa shape index (κ3) is 7.19. The summed E-state index contributed by atoms with van der Waals surface area (Å²) in [6.45, 7) is 13.0. The van der Waals surface area contributed by atoms with Crippen LogP contribution in [0.5, 0.6) is 11.5 Å². The maximum absolute atomic E-state index is 10.8. The predicted molar refractivity (Wildman–Crippen MR) is 149 cm³/mol. The monoisotopic (exact) mass is 476 g/mol.